The largest absolute Gasteiger partial charge is 0.507 e. The van der Waals surface area contributed by atoms with Crippen molar-refractivity contribution in [1.29, 1.82) is 0 Å². The number of nitrogens with zero attached hydrogens (tertiary/aromatic N) is 2. The molecule has 2 aromatic rings. The van der Waals surface area contributed by atoms with E-state index in [0.29, 0.717) is 23.7 Å². The van der Waals surface area contributed by atoms with E-state index in [0.717, 1.165) is 18.5 Å². The number of hydrogen-bond acceptors (Lipinski definition) is 3. The van der Waals surface area contributed by atoms with Crippen molar-refractivity contribution in [3.8, 4) is 17.0 Å². The van der Waals surface area contributed by atoms with E-state index in [4.69, 9.17) is 0 Å². The van der Waals surface area contributed by atoms with Crippen molar-refractivity contribution in [2.45, 2.75) is 18.8 Å². The maximum absolute atomic E-state index is 12.2. The molecule has 108 valence electrons. The van der Waals surface area contributed by atoms with Gasteiger partial charge < -0.3 is 10.4 Å². The second-order valence-electron chi connectivity index (χ2n) is 5.13. The van der Waals surface area contributed by atoms with Crippen molar-refractivity contribution in [1.82, 2.24) is 15.1 Å². The van der Waals surface area contributed by atoms with Gasteiger partial charge >= 0.3 is 6.03 Å². The summed E-state index contributed by atoms with van der Waals surface area (Å²) in [5.41, 5.74) is 2.15. The van der Waals surface area contributed by atoms with Crippen LogP contribution in [0, 0.1) is 0 Å². The Morgan fingerprint density at radius 2 is 2.24 bits per heavy atom. The van der Waals surface area contributed by atoms with Crippen molar-refractivity contribution in [2.24, 2.45) is 0 Å². The van der Waals surface area contributed by atoms with Gasteiger partial charge in [-0.05, 0) is 31.0 Å². The Hall–Kier alpha value is -2.56. The average molecular weight is 283 g/mol. The zero-order chi connectivity index (χ0) is 14.8. The molecule has 0 aliphatic heterocycles. The Kier molecular flexibility index (Phi) is 3.48. The molecule has 1 fully saturated rings. The first-order valence-corrected chi connectivity index (χ1v) is 6.98. The number of amides is 1. The van der Waals surface area contributed by atoms with Crippen LogP contribution >= 0.6 is 0 Å². The summed E-state index contributed by atoms with van der Waals surface area (Å²) in [7, 11) is 0. The third-order valence-corrected chi connectivity index (χ3v) is 3.50. The normalized spacial score (nSPS) is 13.9. The summed E-state index contributed by atoms with van der Waals surface area (Å²) >= 11 is 0. The van der Waals surface area contributed by atoms with Crippen LogP contribution in [0.4, 0.5) is 4.79 Å². The van der Waals surface area contributed by atoms with Gasteiger partial charge in [-0.1, -0.05) is 18.2 Å². The number of phenolic OH excluding ortho intramolecular Hbond substituents is 1. The number of carbonyl (C=O) groups excluding carboxylic acids is 1. The molecule has 21 heavy (non-hydrogen) atoms. The highest BCUT2D eigenvalue weighted by Gasteiger charge is 2.30. The minimum Gasteiger partial charge on any atom is -0.507 e. The van der Waals surface area contributed by atoms with Crippen LogP contribution in [0.3, 0.4) is 0 Å². The first-order chi connectivity index (χ1) is 10.2. The fourth-order valence-corrected chi connectivity index (χ4v) is 2.28. The quantitative estimate of drug-likeness (QED) is 0.848. The Labute approximate surface area is 122 Å². The number of para-hydroxylation sites is 1. The lowest BCUT2D eigenvalue weighted by Gasteiger charge is -2.05. The molecule has 1 heterocycles. The van der Waals surface area contributed by atoms with Crippen LogP contribution in [-0.4, -0.2) is 27.5 Å². The highest BCUT2D eigenvalue weighted by molar-refractivity contribution is 5.79. The van der Waals surface area contributed by atoms with E-state index in [1.165, 1.54) is 4.68 Å². The molecule has 0 saturated heterocycles. The van der Waals surface area contributed by atoms with Crippen LogP contribution in [0.1, 0.15) is 24.5 Å². The van der Waals surface area contributed by atoms with Crippen LogP contribution in [0.25, 0.3) is 11.3 Å². The van der Waals surface area contributed by atoms with E-state index in [1.807, 2.05) is 12.1 Å². The van der Waals surface area contributed by atoms with Crippen LogP contribution in [-0.2, 0) is 0 Å². The Morgan fingerprint density at radius 3 is 2.90 bits per heavy atom. The molecule has 0 spiro atoms. The molecule has 5 heteroatoms. The van der Waals surface area contributed by atoms with Gasteiger partial charge in [0.2, 0.25) is 0 Å². The number of aromatic nitrogens is 2. The Morgan fingerprint density at radius 1 is 1.48 bits per heavy atom. The molecule has 1 amide bonds. The molecule has 0 radical (unpaired) electrons. The van der Waals surface area contributed by atoms with Crippen molar-refractivity contribution in [2.75, 3.05) is 6.54 Å². The lowest BCUT2D eigenvalue weighted by Crippen LogP contribution is -2.30. The standard InChI is InChI=1S/C16H17N3O2/c1-2-9-17-16(21)19-14(11-7-8-11)10-13(18-19)12-5-3-4-6-15(12)20/h2-6,10-11,20H,1,7-9H2,(H,17,21). The van der Waals surface area contributed by atoms with Gasteiger partial charge in [-0.2, -0.15) is 9.78 Å². The summed E-state index contributed by atoms with van der Waals surface area (Å²) in [5.74, 6) is 0.544. The molecular weight excluding hydrogens is 266 g/mol. The molecule has 0 unspecified atom stereocenters. The zero-order valence-electron chi connectivity index (χ0n) is 11.6. The second kappa shape index (κ2) is 5.44. The van der Waals surface area contributed by atoms with E-state index in [2.05, 4.69) is 17.0 Å². The van der Waals surface area contributed by atoms with E-state index >= 15 is 0 Å². The summed E-state index contributed by atoms with van der Waals surface area (Å²) in [6, 6.07) is 8.62. The minimum atomic E-state index is -0.265. The van der Waals surface area contributed by atoms with Gasteiger partial charge in [0.15, 0.2) is 0 Å². The van der Waals surface area contributed by atoms with Crippen molar-refractivity contribution in [3.05, 3.63) is 48.7 Å². The van der Waals surface area contributed by atoms with Gasteiger partial charge in [-0.3, -0.25) is 0 Å². The lowest BCUT2D eigenvalue weighted by atomic mass is 10.1. The van der Waals surface area contributed by atoms with E-state index < -0.39 is 0 Å². The van der Waals surface area contributed by atoms with Crippen LogP contribution in [0.5, 0.6) is 5.75 Å². The fourth-order valence-electron chi connectivity index (χ4n) is 2.28. The number of rotatable bonds is 4. The molecule has 3 rings (SSSR count). The molecule has 1 saturated carbocycles. The Balaban J connectivity index is 1.98. The highest BCUT2D eigenvalue weighted by Crippen LogP contribution is 2.41. The first-order valence-electron chi connectivity index (χ1n) is 6.98. The third-order valence-electron chi connectivity index (χ3n) is 3.50. The van der Waals surface area contributed by atoms with Gasteiger partial charge in [0.25, 0.3) is 0 Å². The average Bonchev–Trinajstić information content (AvgIpc) is 3.24. The topological polar surface area (TPSA) is 67.2 Å². The highest BCUT2D eigenvalue weighted by atomic mass is 16.3. The van der Waals surface area contributed by atoms with Gasteiger partial charge in [-0.15, -0.1) is 6.58 Å². The van der Waals surface area contributed by atoms with Crippen molar-refractivity contribution in [3.63, 3.8) is 0 Å². The van der Waals surface area contributed by atoms with Crippen LogP contribution < -0.4 is 5.32 Å². The van der Waals surface area contributed by atoms with E-state index in [9.17, 15) is 9.90 Å². The molecule has 0 atom stereocenters. The SMILES string of the molecule is C=CCNC(=O)n1nc(-c2ccccc2O)cc1C1CC1. The minimum absolute atomic E-state index is 0.163. The van der Waals surface area contributed by atoms with Gasteiger partial charge in [-0.25, -0.2) is 4.79 Å². The Bertz CT molecular complexity index is 687. The van der Waals surface area contributed by atoms with E-state index in [1.54, 1.807) is 24.3 Å². The summed E-state index contributed by atoms with van der Waals surface area (Å²) in [5, 5.41) is 17.0. The molecule has 1 aliphatic carbocycles. The monoisotopic (exact) mass is 283 g/mol. The number of aromatic hydroxyl groups is 1. The predicted octanol–water partition coefficient (Wildman–Crippen LogP) is 2.88. The number of carbonyl (C=O) groups is 1. The number of hydrogen-bond donors (Lipinski definition) is 2. The molecule has 1 aromatic heterocycles. The predicted molar refractivity (Wildman–Crippen MR) is 80.3 cm³/mol. The van der Waals surface area contributed by atoms with Gasteiger partial charge in [0.1, 0.15) is 5.75 Å². The second-order valence-corrected chi connectivity index (χ2v) is 5.13. The number of benzene rings is 1. The summed E-state index contributed by atoms with van der Waals surface area (Å²) in [6.45, 7) is 3.98. The van der Waals surface area contributed by atoms with Gasteiger partial charge in [0.05, 0.1) is 11.4 Å². The molecule has 2 N–H and O–H groups in total. The van der Waals surface area contributed by atoms with Crippen molar-refractivity contribution >= 4 is 6.03 Å². The van der Waals surface area contributed by atoms with Gasteiger partial charge in [0, 0.05) is 18.0 Å². The number of nitrogens with one attached hydrogen (secondary N) is 1. The smallest absolute Gasteiger partial charge is 0.342 e. The molecule has 5 nitrogen and oxygen atoms in total. The fraction of sp³-hybridized carbons (Fsp3) is 0.250. The summed E-state index contributed by atoms with van der Waals surface area (Å²) in [4.78, 5) is 12.2. The molecule has 0 bridgehead atoms. The molecular formula is C16H17N3O2. The lowest BCUT2D eigenvalue weighted by molar-refractivity contribution is 0.240. The van der Waals surface area contributed by atoms with E-state index in [-0.39, 0.29) is 11.8 Å². The maximum atomic E-state index is 12.2. The summed E-state index contributed by atoms with van der Waals surface area (Å²) < 4.78 is 1.41. The third kappa shape index (κ3) is 2.67. The zero-order valence-corrected chi connectivity index (χ0v) is 11.6. The van der Waals surface area contributed by atoms with Crippen LogP contribution in [0.2, 0.25) is 0 Å². The van der Waals surface area contributed by atoms with Crippen LogP contribution in [0.15, 0.2) is 43.0 Å². The van der Waals surface area contributed by atoms with Crippen molar-refractivity contribution < 1.29 is 9.90 Å². The summed E-state index contributed by atoms with van der Waals surface area (Å²) in [6.07, 6.45) is 3.77. The number of phenols is 1. The maximum Gasteiger partial charge on any atom is 0.342 e. The molecule has 1 aromatic carbocycles. The first kappa shape index (κ1) is 13.4. The molecule has 1 aliphatic rings.